The van der Waals surface area contributed by atoms with E-state index in [2.05, 4.69) is 13.8 Å². The predicted molar refractivity (Wildman–Crippen MR) is 109 cm³/mol. The van der Waals surface area contributed by atoms with E-state index >= 15 is 0 Å². The second kappa shape index (κ2) is 20.8. The van der Waals surface area contributed by atoms with Crippen LogP contribution in [0.5, 0.6) is 0 Å². The molecule has 0 aromatic carbocycles. The van der Waals surface area contributed by atoms with Crippen LogP contribution in [-0.4, -0.2) is 29.4 Å². The molecule has 0 saturated carbocycles. The van der Waals surface area contributed by atoms with Crippen molar-refractivity contribution in [2.24, 2.45) is 0 Å². The molecular weight excluding hydrogens is 387 g/mol. The van der Waals surface area contributed by atoms with E-state index in [9.17, 15) is 18.1 Å². The minimum Gasteiger partial charge on any atom is -0.748 e. The van der Waals surface area contributed by atoms with E-state index in [-0.39, 0.29) is 57.5 Å². The molecule has 0 spiro atoms. The number of aliphatic hydroxyl groups is 1. The van der Waals surface area contributed by atoms with E-state index in [0.29, 0.717) is 12.8 Å². The average Bonchev–Trinajstić information content (AvgIpc) is 2.58. The van der Waals surface area contributed by atoms with Crippen LogP contribution in [0.3, 0.4) is 0 Å². The van der Waals surface area contributed by atoms with Crippen molar-refractivity contribution in [3.8, 4) is 0 Å². The van der Waals surface area contributed by atoms with Gasteiger partial charge in [0.2, 0.25) is 0 Å². The summed E-state index contributed by atoms with van der Waals surface area (Å²) < 4.78 is 34.0. The van der Waals surface area contributed by atoms with Crippen LogP contribution >= 0.6 is 0 Å². The van der Waals surface area contributed by atoms with E-state index in [4.69, 9.17) is 0 Å². The molecule has 0 heterocycles. The molecule has 0 amide bonds. The zero-order valence-corrected chi connectivity index (χ0v) is 22.2. The maximum absolute atomic E-state index is 11.3. The quantitative estimate of drug-likeness (QED) is 0.194. The van der Waals surface area contributed by atoms with Gasteiger partial charge in [-0.15, -0.1) is 0 Å². The minimum absolute atomic E-state index is 0. The number of rotatable bonds is 19. The van der Waals surface area contributed by atoms with Gasteiger partial charge in [0.05, 0.1) is 16.2 Å². The first-order valence-electron chi connectivity index (χ1n) is 11.0. The molecule has 6 heteroatoms. The molecule has 0 aliphatic carbocycles. The Morgan fingerprint density at radius 2 is 1.00 bits per heavy atom. The van der Waals surface area contributed by atoms with Gasteiger partial charge in [-0.2, -0.15) is 0 Å². The zero-order valence-electron chi connectivity index (χ0n) is 18.3. The minimum atomic E-state index is -4.17. The van der Waals surface area contributed by atoms with E-state index in [1.165, 1.54) is 38.5 Å². The van der Waals surface area contributed by atoms with Crippen LogP contribution in [-0.2, 0) is 10.1 Å². The Morgan fingerprint density at radius 1 is 0.667 bits per heavy atom. The molecule has 0 bridgehead atoms. The molecule has 27 heavy (non-hydrogen) atoms. The molecule has 158 valence electrons. The van der Waals surface area contributed by atoms with Gasteiger partial charge in [0.25, 0.3) is 0 Å². The Labute approximate surface area is 211 Å². The zero-order chi connectivity index (χ0) is 19.7. The Kier molecular flexibility index (Phi) is 23.6. The summed E-state index contributed by atoms with van der Waals surface area (Å²) in [4.78, 5) is 0. The summed E-state index contributed by atoms with van der Waals surface area (Å²) in [6.07, 6.45) is 16.7. The van der Waals surface area contributed by atoms with Crippen molar-refractivity contribution >= 4 is 10.1 Å². The van der Waals surface area contributed by atoms with Crippen molar-refractivity contribution in [2.75, 3.05) is 0 Å². The van der Waals surface area contributed by atoms with Crippen molar-refractivity contribution < 1.29 is 69.5 Å². The Hall–Kier alpha value is 1.51. The summed E-state index contributed by atoms with van der Waals surface area (Å²) in [7, 11) is -4.17. The van der Waals surface area contributed by atoms with Crippen LogP contribution < -0.4 is 51.4 Å². The maximum Gasteiger partial charge on any atom is 1.00 e. The first kappa shape index (κ1) is 30.7. The van der Waals surface area contributed by atoms with Crippen LogP contribution in [0.25, 0.3) is 0 Å². The monoisotopic (exact) mass is 430 g/mol. The molecule has 0 aromatic heterocycles. The van der Waals surface area contributed by atoms with Crippen LogP contribution in [0.1, 0.15) is 123 Å². The smallest absolute Gasteiger partial charge is 0.748 e. The van der Waals surface area contributed by atoms with Gasteiger partial charge in [-0.25, -0.2) is 8.42 Å². The van der Waals surface area contributed by atoms with Gasteiger partial charge in [-0.1, -0.05) is 97.3 Å². The summed E-state index contributed by atoms with van der Waals surface area (Å²) in [5.41, 5.74) is 0. The molecule has 2 atom stereocenters. The van der Waals surface area contributed by atoms with Gasteiger partial charge in [-0.3, -0.25) is 0 Å². The molecule has 0 aliphatic rings. The fourth-order valence-electron chi connectivity index (χ4n) is 3.47. The first-order valence-corrected chi connectivity index (χ1v) is 12.5. The second-order valence-electron chi connectivity index (χ2n) is 7.81. The molecule has 0 saturated heterocycles. The van der Waals surface area contributed by atoms with Crippen LogP contribution in [0.15, 0.2) is 0 Å². The van der Waals surface area contributed by atoms with Crippen molar-refractivity contribution in [1.29, 1.82) is 0 Å². The van der Waals surface area contributed by atoms with Gasteiger partial charge in [-0.05, 0) is 25.7 Å². The van der Waals surface area contributed by atoms with Crippen molar-refractivity contribution in [3.05, 3.63) is 0 Å². The van der Waals surface area contributed by atoms with Crippen molar-refractivity contribution in [2.45, 2.75) is 134 Å². The third-order valence-corrected chi connectivity index (χ3v) is 6.53. The fraction of sp³-hybridized carbons (Fsp3) is 1.00. The Morgan fingerprint density at radius 3 is 1.48 bits per heavy atom. The molecule has 0 aliphatic heterocycles. The number of unbranched alkanes of at least 4 members (excludes halogenated alkanes) is 10. The van der Waals surface area contributed by atoms with Crippen LogP contribution in [0.4, 0.5) is 0 Å². The largest absolute Gasteiger partial charge is 1.00 e. The maximum atomic E-state index is 11.3. The van der Waals surface area contributed by atoms with Gasteiger partial charge in [0.1, 0.15) is 0 Å². The number of hydrogen-bond donors (Lipinski definition) is 1. The second-order valence-corrected chi connectivity index (χ2v) is 9.46. The van der Waals surface area contributed by atoms with Gasteiger partial charge in [0.15, 0.2) is 0 Å². The van der Waals surface area contributed by atoms with E-state index in [1.54, 1.807) is 0 Å². The molecule has 0 radical (unpaired) electrons. The summed E-state index contributed by atoms with van der Waals surface area (Å²) in [6, 6.07) is 0. The first-order chi connectivity index (χ1) is 12.4. The summed E-state index contributed by atoms with van der Waals surface area (Å²) in [6.45, 7) is 4.29. The fourth-order valence-corrected chi connectivity index (χ4v) is 4.38. The predicted octanol–water partition coefficient (Wildman–Crippen LogP) is 2.94. The van der Waals surface area contributed by atoms with Crippen LogP contribution in [0.2, 0.25) is 0 Å². The molecule has 2 unspecified atom stereocenters. The third kappa shape index (κ3) is 20.6. The van der Waals surface area contributed by atoms with Crippen molar-refractivity contribution in [3.63, 3.8) is 0 Å². The third-order valence-electron chi connectivity index (χ3n) is 5.24. The van der Waals surface area contributed by atoms with Gasteiger partial charge in [0, 0.05) is 5.25 Å². The Bertz CT molecular complexity index is 401. The molecule has 1 N–H and O–H groups in total. The number of aliphatic hydroxyl groups excluding tert-OH is 1. The molecule has 4 nitrogen and oxygen atoms in total. The molecule has 0 aromatic rings. The van der Waals surface area contributed by atoms with E-state index in [0.717, 1.165) is 57.8 Å². The van der Waals surface area contributed by atoms with Crippen LogP contribution in [0, 0.1) is 0 Å². The van der Waals surface area contributed by atoms with Gasteiger partial charge < -0.3 is 9.66 Å². The standard InChI is InChI=1S/C21H44O4S.K/c1-3-5-7-8-9-10-13-16-20(22)17-14-11-15-19-21(26(23,24)25)18-12-6-4-2;/h20-22H,3-19H2,1-2H3,(H,23,24,25);/q;+1/p-1. The molecule has 0 rings (SSSR count). The number of hydrogen-bond acceptors (Lipinski definition) is 4. The Balaban J connectivity index is 0. The van der Waals surface area contributed by atoms with E-state index in [1.807, 2.05) is 0 Å². The summed E-state index contributed by atoms with van der Waals surface area (Å²) in [5, 5.41) is 9.31. The van der Waals surface area contributed by atoms with Crippen molar-refractivity contribution in [1.82, 2.24) is 0 Å². The van der Waals surface area contributed by atoms with E-state index < -0.39 is 15.4 Å². The summed E-state index contributed by atoms with van der Waals surface area (Å²) in [5.74, 6) is 0. The normalized spacial score (nSPS) is 13.9. The SMILES string of the molecule is CCCCCCCCCC(O)CCCCCC(CCCCC)S(=O)(=O)[O-].[K+]. The molecular formula is C21H43KO4S. The molecule has 0 fully saturated rings. The summed E-state index contributed by atoms with van der Waals surface area (Å²) >= 11 is 0. The van der Waals surface area contributed by atoms with Gasteiger partial charge >= 0.3 is 51.4 Å². The average molecular weight is 431 g/mol. The topological polar surface area (TPSA) is 77.4 Å².